The van der Waals surface area contributed by atoms with Crippen LogP contribution in [-0.2, 0) is 38.8 Å². The normalized spacial score (nSPS) is 11.1. The number of hydrogen-bond donors (Lipinski definition) is 4. The van der Waals surface area contributed by atoms with Crippen molar-refractivity contribution in [1.82, 2.24) is 29.9 Å². The Labute approximate surface area is 688 Å². The number of anilines is 4. The van der Waals surface area contributed by atoms with Crippen LogP contribution in [0.15, 0.2) is 203 Å². The van der Waals surface area contributed by atoms with Gasteiger partial charge in [0.2, 0.25) is 17.1 Å². The van der Waals surface area contributed by atoms with Crippen molar-refractivity contribution in [3.63, 3.8) is 0 Å². The minimum atomic E-state index is -1.45. The van der Waals surface area contributed by atoms with Gasteiger partial charge in [-0.15, -0.1) is 45.3 Å². The van der Waals surface area contributed by atoms with Crippen LogP contribution in [0.4, 0.5) is 40.3 Å². The van der Waals surface area contributed by atoms with E-state index in [4.69, 9.17) is 37.1 Å². The molecule has 0 aliphatic carbocycles. The summed E-state index contributed by atoms with van der Waals surface area (Å²) >= 11 is 20.8. The monoisotopic (exact) mass is 1790 g/mol. The predicted molar refractivity (Wildman–Crippen MR) is 458 cm³/mol. The van der Waals surface area contributed by atoms with E-state index in [2.05, 4.69) is 84.1 Å². The highest BCUT2D eigenvalue weighted by Crippen LogP contribution is 2.31. The highest BCUT2D eigenvalue weighted by molar-refractivity contribution is 9.11. The lowest BCUT2D eigenvalue weighted by Gasteiger charge is -2.29. The first-order valence-electron chi connectivity index (χ1n) is 32.8. The number of hydrogen-bond acceptors (Lipinski definition) is 19. The van der Waals surface area contributed by atoms with Crippen molar-refractivity contribution in [3.8, 4) is 10.6 Å². The standard InChI is InChI=1S/C24H22FN3OS.C15H16BrFN2OS.C10H8BrFN2S.C9H8BNO2.C6H6FN.C5H9ClO.C4H2BrNOS.C4H8O.3CH4/c1-24(2,3)23(29)28(20-10-8-18(25)9-11-20)14-19-15-30-22(27-19)17-12-16-6-4-5-7-21(16)26-13-17;1-15(2,3)13(20)19(8-11-9-21-14(16)18-11)12-6-4-10(17)5-7-12;11-10-14-9(6-15-10)5-13-8-3-1-7(12)2-4-8;12-10(13)8-5-7-3-1-2-4-9(7)11-6-8;7-5-1-3-6(8)4-2-5;1-5(2,3)4(6)7;5-4-6-3(1-7)2-8-4;1-2-4-5-3-1;;;/h4-13,15H,14H2,1-3H3;4-7,9H,8H2,1-3H3;1-4,6,13H,5H2;1-6,12-13H;1-4H,8H2;1-3H3;1-2H;1-4H2;3*1H4. The molecule has 5 N–H and O–H groups in total. The van der Waals surface area contributed by atoms with Gasteiger partial charge >= 0.3 is 7.12 Å². The zero-order valence-electron chi connectivity index (χ0n) is 59.8. The molecule has 17 nitrogen and oxygen atoms in total. The Balaban J connectivity index is 0.000000346. The van der Waals surface area contributed by atoms with E-state index < -0.39 is 17.9 Å². The molecule has 110 heavy (non-hydrogen) atoms. The van der Waals surface area contributed by atoms with Gasteiger partial charge in [-0.3, -0.25) is 29.1 Å². The van der Waals surface area contributed by atoms with E-state index in [0.717, 1.165) is 86.4 Å². The van der Waals surface area contributed by atoms with Crippen LogP contribution in [0.25, 0.3) is 32.4 Å². The highest BCUT2D eigenvalue weighted by Gasteiger charge is 2.31. The average Bonchev–Trinajstić information content (AvgIpc) is 1.46. The Morgan fingerprint density at radius 2 is 0.955 bits per heavy atom. The Morgan fingerprint density at radius 1 is 0.555 bits per heavy atom. The zero-order chi connectivity index (χ0) is 78.4. The number of nitrogens with zero attached hydrogens (tertiary/aromatic N) is 8. The molecule has 30 heteroatoms. The Kier molecular flexibility index (Phi) is 41.4. The first kappa shape index (κ1) is 96.1. The number of halogens is 8. The minimum absolute atomic E-state index is 0. The number of para-hydroxylation sites is 2. The van der Waals surface area contributed by atoms with Gasteiger partial charge in [-0.1, -0.05) is 127 Å². The first-order chi connectivity index (χ1) is 50.6. The fourth-order valence-corrected chi connectivity index (χ4v) is 12.5. The molecule has 0 spiro atoms. The summed E-state index contributed by atoms with van der Waals surface area (Å²) in [6, 6.07) is 43.2. The van der Waals surface area contributed by atoms with Crippen molar-refractivity contribution >= 4 is 185 Å². The average molecular weight is 1790 g/mol. The second kappa shape index (κ2) is 47.3. The molecule has 586 valence electrons. The van der Waals surface area contributed by atoms with Gasteiger partial charge < -0.3 is 35.6 Å². The lowest BCUT2D eigenvalue weighted by atomic mass is 9.81. The van der Waals surface area contributed by atoms with Gasteiger partial charge in [0.15, 0.2) is 18.0 Å². The summed E-state index contributed by atoms with van der Waals surface area (Å²) in [4.78, 5) is 74.9. The van der Waals surface area contributed by atoms with Gasteiger partial charge in [0.05, 0.1) is 47.7 Å². The van der Waals surface area contributed by atoms with Crippen molar-refractivity contribution in [2.24, 2.45) is 16.2 Å². The third-order valence-corrected chi connectivity index (χ3v) is 20.0. The summed E-state index contributed by atoms with van der Waals surface area (Å²) in [5, 5.41) is 31.0. The maximum absolute atomic E-state index is 13.4. The molecule has 1 aliphatic rings. The lowest BCUT2D eigenvalue weighted by molar-refractivity contribution is -0.126. The molecule has 6 aromatic carbocycles. The summed E-state index contributed by atoms with van der Waals surface area (Å²) < 4.78 is 58.5. The van der Waals surface area contributed by atoms with Crippen LogP contribution in [0, 0.1) is 39.5 Å². The molecule has 0 saturated carbocycles. The molecule has 0 unspecified atom stereocenters. The molecule has 1 fully saturated rings. The summed E-state index contributed by atoms with van der Waals surface area (Å²) in [5.41, 5.74) is 12.8. The lowest BCUT2D eigenvalue weighted by Crippen LogP contribution is -2.39. The summed E-state index contributed by atoms with van der Waals surface area (Å²) in [6.45, 7) is 19.9. The number of fused-ring (bicyclic) bond motifs is 2. The summed E-state index contributed by atoms with van der Waals surface area (Å²) in [6.07, 6.45) is 6.57. The second-order valence-electron chi connectivity index (χ2n) is 26.2. The van der Waals surface area contributed by atoms with Crippen molar-refractivity contribution in [2.75, 3.05) is 34.1 Å². The van der Waals surface area contributed by atoms with Crippen LogP contribution < -0.4 is 26.3 Å². The molecular weight excluding hydrogens is 1700 g/mol. The van der Waals surface area contributed by atoms with Crippen LogP contribution in [0.2, 0.25) is 0 Å². The zero-order valence-corrected chi connectivity index (χ0v) is 68.6. The Hall–Kier alpha value is -8.07. The molecule has 1 saturated heterocycles. The van der Waals surface area contributed by atoms with E-state index in [0.29, 0.717) is 47.9 Å². The molecule has 1 aliphatic heterocycles. The topological polar surface area (TPSA) is 240 Å². The van der Waals surface area contributed by atoms with Crippen molar-refractivity contribution in [3.05, 3.63) is 249 Å². The fourth-order valence-electron chi connectivity index (χ4n) is 8.64. The van der Waals surface area contributed by atoms with E-state index in [1.165, 1.54) is 114 Å². The van der Waals surface area contributed by atoms with Gasteiger partial charge in [0.1, 0.15) is 34.0 Å². The van der Waals surface area contributed by atoms with Gasteiger partial charge in [-0.05, 0) is 193 Å². The SMILES string of the molecule is C.C.C.C1CCOC1.CC(C)(C)C(=O)Cl.CC(C)(C)C(=O)N(Cc1csc(-c2cnc3ccccc3c2)n1)c1ccc(F)cc1.CC(C)(C)C(=O)N(Cc1csc(Br)n1)c1ccc(F)cc1.Fc1ccc(NCc2csc(Br)n2)cc1.Nc1ccc(F)cc1.O=Cc1csc(Br)n1.OB(O)c1cnc2ccccc2c1. The fraction of sp³-hybridized carbons (Fsp3) is 0.275. The maximum atomic E-state index is 13.4. The van der Waals surface area contributed by atoms with Gasteiger partial charge in [-0.2, -0.15) is 0 Å². The number of aromatic nitrogens is 6. The molecule has 6 aromatic heterocycles. The highest BCUT2D eigenvalue weighted by atomic mass is 79.9. The molecule has 2 amide bonds. The quantitative estimate of drug-likeness (QED) is 0.0292. The number of thiazole rings is 4. The van der Waals surface area contributed by atoms with Gasteiger partial charge in [0, 0.05) is 103 Å². The summed E-state index contributed by atoms with van der Waals surface area (Å²) in [5.74, 6) is -1.20. The number of benzene rings is 6. The Morgan fingerprint density at radius 3 is 1.34 bits per heavy atom. The number of aldehydes is 1. The van der Waals surface area contributed by atoms with Gasteiger partial charge in [-0.25, -0.2) is 37.5 Å². The van der Waals surface area contributed by atoms with Crippen molar-refractivity contribution in [2.45, 2.75) is 117 Å². The number of carbonyl (C=O) groups excluding carboxylic acids is 4. The van der Waals surface area contributed by atoms with E-state index in [-0.39, 0.29) is 68.0 Å². The molecule has 13 rings (SSSR count). The van der Waals surface area contributed by atoms with Crippen LogP contribution >= 0.6 is 105 Å². The maximum Gasteiger partial charge on any atom is 0.490 e. The van der Waals surface area contributed by atoms with Crippen LogP contribution in [-0.4, -0.2) is 83.6 Å². The number of ether oxygens (including phenoxy) is 1. The van der Waals surface area contributed by atoms with Crippen LogP contribution in [0.3, 0.4) is 0 Å². The van der Waals surface area contributed by atoms with Crippen LogP contribution in [0.5, 0.6) is 0 Å². The molecule has 0 radical (unpaired) electrons. The number of nitrogens with one attached hydrogen (secondary N) is 1. The summed E-state index contributed by atoms with van der Waals surface area (Å²) in [7, 11) is -1.45. The van der Waals surface area contributed by atoms with Crippen molar-refractivity contribution < 1.29 is 51.5 Å². The third kappa shape index (κ3) is 33.9. The van der Waals surface area contributed by atoms with Gasteiger partial charge in [0.25, 0.3) is 0 Å². The van der Waals surface area contributed by atoms with E-state index >= 15 is 0 Å². The first-order valence-corrected chi connectivity index (χ1v) is 39.1. The number of amides is 2. The number of nitrogen functional groups attached to an aromatic ring is 1. The third-order valence-electron chi connectivity index (χ3n) is 14.3. The van der Waals surface area contributed by atoms with E-state index in [9.17, 15) is 36.7 Å². The van der Waals surface area contributed by atoms with E-state index in [1.807, 2.05) is 112 Å². The largest absolute Gasteiger partial charge is 0.490 e. The second-order valence-corrected chi connectivity index (χ2v) is 33.8. The minimum Gasteiger partial charge on any atom is -0.423 e. The molecular formula is C80H91BBr3ClF4N10O7S4. The molecule has 12 aromatic rings. The smallest absolute Gasteiger partial charge is 0.423 e. The number of rotatable bonds is 12. The Bertz CT molecular complexity index is 4730. The molecule has 0 bridgehead atoms. The number of nitrogens with two attached hydrogens (primary N) is 1. The molecule has 0 atom stereocenters. The number of carbonyl (C=O) groups is 4. The predicted octanol–water partition coefficient (Wildman–Crippen LogP) is 21.9. The molecule has 7 heterocycles. The van der Waals surface area contributed by atoms with Crippen molar-refractivity contribution in [1.29, 1.82) is 0 Å². The van der Waals surface area contributed by atoms with E-state index in [1.54, 1.807) is 89.8 Å². The van der Waals surface area contributed by atoms with Crippen LogP contribution in [0.1, 0.15) is 125 Å². The number of pyridine rings is 2.